The Bertz CT molecular complexity index is 244. The van der Waals surface area contributed by atoms with Gasteiger partial charge in [-0.3, -0.25) is 4.79 Å². The van der Waals surface area contributed by atoms with Gasteiger partial charge in [-0.05, 0) is 32.2 Å². The van der Waals surface area contributed by atoms with E-state index >= 15 is 0 Å². The van der Waals surface area contributed by atoms with E-state index in [1.165, 1.54) is 19.3 Å². The van der Waals surface area contributed by atoms with Gasteiger partial charge in [0.1, 0.15) is 0 Å². The first-order valence-electron chi connectivity index (χ1n) is 5.70. The summed E-state index contributed by atoms with van der Waals surface area (Å²) in [6, 6.07) is 1.43. The number of aliphatic carboxylic acids is 1. The molecule has 0 saturated carbocycles. The molecule has 2 aliphatic heterocycles. The molecule has 2 rings (SSSR count). The van der Waals surface area contributed by atoms with Crippen molar-refractivity contribution in [1.82, 2.24) is 4.90 Å². The molecular formula is C11H19NO3. The molecule has 0 aliphatic carbocycles. The first-order valence-corrected chi connectivity index (χ1v) is 5.70. The molecule has 0 aromatic carbocycles. The zero-order chi connectivity index (χ0) is 10.8. The molecule has 1 N–H and O–H groups in total. The number of rotatable bonds is 5. The minimum atomic E-state index is -0.778. The van der Waals surface area contributed by atoms with Crippen LogP contribution in [-0.4, -0.2) is 48.3 Å². The summed E-state index contributed by atoms with van der Waals surface area (Å²) in [6.07, 6.45) is 3.96. The van der Waals surface area contributed by atoms with Crippen molar-refractivity contribution in [2.24, 2.45) is 5.92 Å². The Morgan fingerprint density at radius 3 is 2.87 bits per heavy atom. The minimum absolute atomic E-state index is 0.122. The van der Waals surface area contributed by atoms with Crippen LogP contribution >= 0.6 is 0 Å². The normalized spacial score (nSPS) is 34.9. The number of carboxylic acids is 1. The Labute approximate surface area is 90.2 Å². The van der Waals surface area contributed by atoms with Crippen molar-refractivity contribution in [2.45, 2.75) is 37.8 Å². The van der Waals surface area contributed by atoms with Crippen LogP contribution in [0.4, 0.5) is 0 Å². The van der Waals surface area contributed by atoms with Crippen molar-refractivity contribution in [3.8, 4) is 0 Å². The lowest BCUT2D eigenvalue weighted by atomic mass is 9.90. The van der Waals surface area contributed by atoms with Crippen LogP contribution in [0.1, 0.15) is 25.7 Å². The van der Waals surface area contributed by atoms with E-state index in [1.807, 2.05) is 0 Å². The van der Waals surface area contributed by atoms with E-state index in [0.717, 1.165) is 12.6 Å². The maximum atomic E-state index is 10.3. The van der Waals surface area contributed by atoms with Gasteiger partial charge in [0.05, 0.1) is 19.6 Å². The van der Waals surface area contributed by atoms with Gasteiger partial charge in [0.25, 0.3) is 0 Å². The van der Waals surface area contributed by atoms with E-state index in [9.17, 15) is 4.79 Å². The van der Waals surface area contributed by atoms with Crippen LogP contribution in [0.15, 0.2) is 0 Å². The van der Waals surface area contributed by atoms with E-state index in [2.05, 4.69) is 11.9 Å². The number of nitrogens with zero attached hydrogens (tertiary/aromatic N) is 1. The Morgan fingerprint density at radius 1 is 1.53 bits per heavy atom. The Hall–Kier alpha value is -0.610. The Balaban J connectivity index is 1.67. The van der Waals surface area contributed by atoms with Gasteiger partial charge in [-0.2, -0.15) is 0 Å². The second-order valence-electron chi connectivity index (χ2n) is 4.68. The van der Waals surface area contributed by atoms with Gasteiger partial charge in [-0.1, -0.05) is 0 Å². The fourth-order valence-electron chi connectivity index (χ4n) is 2.97. The lowest BCUT2D eigenvalue weighted by Gasteiger charge is -2.21. The van der Waals surface area contributed by atoms with Crippen molar-refractivity contribution in [1.29, 1.82) is 0 Å². The average molecular weight is 213 g/mol. The zero-order valence-electron chi connectivity index (χ0n) is 9.19. The fraction of sp³-hybridized carbons (Fsp3) is 0.909. The molecule has 0 amide bonds. The highest BCUT2D eigenvalue weighted by Crippen LogP contribution is 2.40. The van der Waals surface area contributed by atoms with Crippen LogP contribution in [0.2, 0.25) is 0 Å². The first-order chi connectivity index (χ1) is 7.18. The second-order valence-corrected chi connectivity index (χ2v) is 4.68. The third-order valence-electron chi connectivity index (χ3n) is 3.81. The summed E-state index contributed by atoms with van der Waals surface area (Å²) in [4.78, 5) is 12.8. The first kappa shape index (κ1) is 10.9. The van der Waals surface area contributed by atoms with E-state index in [4.69, 9.17) is 9.84 Å². The van der Waals surface area contributed by atoms with Crippen molar-refractivity contribution >= 4 is 5.97 Å². The largest absolute Gasteiger partial charge is 0.481 e. The molecule has 3 atom stereocenters. The molecule has 4 nitrogen and oxygen atoms in total. The van der Waals surface area contributed by atoms with Crippen LogP contribution in [0, 0.1) is 5.92 Å². The monoisotopic (exact) mass is 213 g/mol. The Kier molecular flexibility index (Phi) is 3.26. The zero-order valence-corrected chi connectivity index (χ0v) is 9.19. The summed E-state index contributed by atoms with van der Waals surface area (Å²) < 4.78 is 5.42. The van der Waals surface area contributed by atoms with Crippen LogP contribution in [0.5, 0.6) is 0 Å². The van der Waals surface area contributed by atoms with Crippen LogP contribution in [0.25, 0.3) is 0 Å². The predicted molar refractivity (Wildman–Crippen MR) is 55.8 cm³/mol. The number of hydrogen-bond acceptors (Lipinski definition) is 3. The third kappa shape index (κ3) is 2.32. The molecule has 4 heteroatoms. The SMILES string of the molecule is CN1C2CCC1C(COCCC(=O)O)C2. The topological polar surface area (TPSA) is 49.8 Å². The highest BCUT2D eigenvalue weighted by molar-refractivity contribution is 5.66. The smallest absolute Gasteiger partial charge is 0.305 e. The van der Waals surface area contributed by atoms with Crippen molar-refractivity contribution in [3.63, 3.8) is 0 Å². The quantitative estimate of drug-likeness (QED) is 0.691. The van der Waals surface area contributed by atoms with Crippen molar-refractivity contribution < 1.29 is 14.6 Å². The molecule has 15 heavy (non-hydrogen) atoms. The number of fused-ring (bicyclic) bond motifs is 2. The van der Waals surface area contributed by atoms with E-state index < -0.39 is 5.97 Å². The molecule has 0 aromatic rings. The molecule has 0 radical (unpaired) electrons. The van der Waals surface area contributed by atoms with Crippen LogP contribution in [0.3, 0.4) is 0 Å². The Morgan fingerprint density at radius 2 is 2.33 bits per heavy atom. The molecular weight excluding hydrogens is 194 g/mol. The second kappa shape index (κ2) is 4.49. The summed E-state index contributed by atoms with van der Waals surface area (Å²) in [5.41, 5.74) is 0. The summed E-state index contributed by atoms with van der Waals surface area (Å²) in [5.74, 6) is -0.150. The molecule has 0 spiro atoms. The third-order valence-corrected chi connectivity index (χ3v) is 3.81. The van der Waals surface area contributed by atoms with Crippen LogP contribution < -0.4 is 0 Å². The summed E-state index contributed by atoms with van der Waals surface area (Å²) in [6.45, 7) is 1.09. The molecule has 0 aromatic heterocycles. The number of carboxylic acid groups (broad SMARTS) is 1. The number of hydrogen-bond donors (Lipinski definition) is 1. The molecule has 2 heterocycles. The summed E-state index contributed by atoms with van der Waals surface area (Å²) >= 11 is 0. The van der Waals surface area contributed by atoms with Gasteiger partial charge in [-0.15, -0.1) is 0 Å². The standard InChI is InChI=1S/C11H19NO3/c1-12-9-2-3-10(12)8(6-9)7-15-5-4-11(13)14/h8-10H,2-7H2,1H3,(H,13,14). The highest BCUT2D eigenvalue weighted by atomic mass is 16.5. The summed E-state index contributed by atoms with van der Waals surface area (Å²) in [7, 11) is 2.19. The highest BCUT2D eigenvalue weighted by Gasteiger charge is 2.43. The fourth-order valence-corrected chi connectivity index (χ4v) is 2.97. The molecule has 2 aliphatic rings. The minimum Gasteiger partial charge on any atom is -0.481 e. The van der Waals surface area contributed by atoms with E-state index in [1.54, 1.807) is 0 Å². The lowest BCUT2D eigenvalue weighted by Crippen LogP contribution is -2.28. The average Bonchev–Trinajstić information content (AvgIpc) is 2.69. The summed E-state index contributed by atoms with van der Waals surface area (Å²) in [5, 5.41) is 8.46. The predicted octanol–water partition coefficient (Wildman–Crippen LogP) is 0.960. The van der Waals surface area contributed by atoms with E-state index in [-0.39, 0.29) is 6.42 Å². The van der Waals surface area contributed by atoms with Gasteiger partial charge in [0, 0.05) is 12.1 Å². The maximum absolute atomic E-state index is 10.3. The van der Waals surface area contributed by atoms with Gasteiger partial charge < -0.3 is 14.7 Å². The molecule has 2 bridgehead atoms. The molecule has 3 unspecified atom stereocenters. The van der Waals surface area contributed by atoms with Gasteiger partial charge in [0.15, 0.2) is 0 Å². The molecule has 2 saturated heterocycles. The van der Waals surface area contributed by atoms with Crippen molar-refractivity contribution in [3.05, 3.63) is 0 Å². The molecule has 2 fully saturated rings. The lowest BCUT2D eigenvalue weighted by molar-refractivity contribution is -0.138. The van der Waals surface area contributed by atoms with Gasteiger partial charge >= 0.3 is 5.97 Å². The van der Waals surface area contributed by atoms with Crippen LogP contribution in [-0.2, 0) is 9.53 Å². The number of carbonyl (C=O) groups is 1. The van der Waals surface area contributed by atoms with Gasteiger partial charge in [-0.25, -0.2) is 0 Å². The van der Waals surface area contributed by atoms with E-state index in [0.29, 0.717) is 18.6 Å². The van der Waals surface area contributed by atoms with Crippen molar-refractivity contribution in [2.75, 3.05) is 20.3 Å². The molecule has 86 valence electrons. The number of ether oxygens (including phenoxy) is 1. The maximum Gasteiger partial charge on any atom is 0.305 e. The van der Waals surface area contributed by atoms with Gasteiger partial charge in [0.2, 0.25) is 0 Å².